The number of nitrogens with zero attached hydrogens (tertiary/aromatic N) is 2. The minimum Gasteiger partial charge on any atom is -0.426 e. The molecule has 0 spiro atoms. The van der Waals surface area contributed by atoms with Crippen LogP contribution in [-0.4, -0.2) is 13.4 Å². The van der Waals surface area contributed by atoms with E-state index in [2.05, 4.69) is 9.71 Å². The van der Waals surface area contributed by atoms with Gasteiger partial charge in [-0.25, -0.2) is 8.42 Å². The van der Waals surface area contributed by atoms with Crippen LogP contribution >= 0.6 is 22.9 Å². The van der Waals surface area contributed by atoms with E-state index < -0.39 is 10.0 Å². The summed E-state index contributed by atoms with van der Waals surface area (Å²) in [6, 6.07) is 13.2. The van der Waals surface area contributed by atoms with Gasteiger partial charge in [-0.1, -0.05) is 35.9 Å². The maximum Gasteiger partial charge on any atom is 0.202 e. The Kier molecular flexibility index (Phi) is 3.37. The zero-order valence-electron chi connectivity index (χ0n) is 10.0. The van der Waals surface area contributed by atoms with E-state index in [4.69, 9.17) is 11.6 Å². The van der Waals surface area contributed by atoms with Gasteiger partial charge in [0.2, 0.25) is 10.0 Å². The maximum atomic E-state index is 12.1. The molecule has 0 atom stereocenters. The van der Waals surface area contributed by atoms with Gasteiger partial charge in [-0.2, -0.15) is 0 Å². The van der Waals surface area contributed by atoms with E-state index in [1.54, 1.807) is 36.4 Å². The van der Waals surface area contributed by atoms with Crippen LogP contribution in [0, 0.1) is 0 Å². The van der Waals surface area contributed by atoms with Gasteiger partial charge in [-0.15, -0.1) is 11.3 Å². The van der Waals surface area contributed by atoms with E-state index in [1.165, 1.54) is 23.5 Å². The van der Waals surface area contributed by atoms with Crippen LogP contribution in [0.2, 0.25) is 5.02 Å². The Morgan fingerprint density at radius 2 is 1.85 bits per heavy atom. The van der Waals surface area contributed by atoms with Gasteiger partial charge in [-0.3, -0.25) is 0 Å². The molecule has 0 fully saturated rings. The number of hydrogen-bond donors (Lipinski definition) is 0. The summed E-state index contributed by atoms with van der Waals surface area (Å²) in [4.78, 5) is 4.33. The van der Waals surface area contributed by atoms with Crippen molar-refractivity contribution in [2.75, 3.05) is 0 Å². The standard InChI is InChI=1S/C13H8ClN2O2S2/c14-9-6-7-11-12(8-9)19-13(15-11)16-20(17,18)10-4-2-1-3-5-10/h1-8H/q-1. The molecule has 0 radical (unpaired) electrons. The lowest BCUT2D eigenvalue weighted by Gasteiger charge is -2.11. The SMILES string of the molecule is O=S(=O)([N-]c1nc2ccc(Cl)cc2s1)c1ccccc1. The molecule has 0 N–H and O–H groups in total. The molecule has 0 aliphatic heterocycles. The summed E-state index contributed by atoms with van der Waals surface area (Å²) < 4.78 is 28.8. The van der Waals surface area contributed by atoms with Gasteiger partial charge in [0.25, 0.3) is 0 Å². The lowest BCUT2D eigenvalue weighted by Crippen LogP contribution is -1.96. The summed E-state index contributed by atoms with van der Waals surface area (Å²) in [6.07, 6.45) is 0. The highest BCUT2D eigenvalue weighted by molar-refractivity contribution is 7.94. The van der Waals surface area contributed by atoms with E-state index >= 15 is 0 Å². The van der Waals surface area contributed by atoms with Crippen LogP contribution in [-0.2, 0) is 10.0 Å². The predicted molar refractivity (Wildman–Crippen MR) is 81.3 cm³/mol. The number of sulfonamides is 1. The molecule has 102 valence electrons. The summed E-state index contributed by atoms with van der Waals surface area (Å²) in [5.41, 5.74) is 0.682. The van der Waals surface area contributed by atoms with E-state index in [1.807, 2.05) is 0 Å². The predicted octanol–water partition coefficient (Wildman–Crippen LogP) is 4.34. The topological polar surface area (TPSA) is 61.1 Å². The Hall–Kier alpha value is -1.63. The van der Waals surface area contributed by atoms with Crippen LogP contribution < -0.4 is 0 Å². The fourth-order valence-electron chi connectivity index (χ4n) is 1.67. The van der Waals surface area contributed by atoms with Gasteiger partial charge in [0, 0.05) is 14.9 Å². The minimum absolute atomic E-state index is 0.150. The fraction of sp³-hybridized carbons (Fsp3) is 0. The van der Waals surface area contributed by atoms with Gasteiger partial charge >= 0.3 is 0 Å². The molecule has 2 aromatic carbocycles. The highest BCUT2D eigenvalue weighted by Gasteiger charge is 2.09. The molecule has 3 aromatic rings. The lowest BCUT2D eigenvalue weighted by atomic mass is 10.3. The third kappa shape index (κ3) is 2.63. The number of thiazole rings is 1. The molecular weight excluding hydrogens is 316 g/mol. The van der Waals surface area contributed by atoms with E-state index in [9.17, 15) is 8.42 Å². The molecule has 4 nitrogen and oxygen atoms in total. The molecular formula is C13H8ClN2O2S2-. The van der Waals surface area contributed by atoms with E-state index in [0.717, 1.165) is 4.70 Å². The molecule has 0 aliphatic rings. The summed E-state index contributed by atoms with van der Waals surface area (Å²) in [5, 5.41) is 0.782. The Balaban J connectivity index is 1.97. The Morgan fingerprint density at radius 3 is 2.60 bits per heavy atom. The Morgan fingerprint density at radius 1 is 1.10 bits per heavy atom. The van der Waals surface area contributed by atoms with Gasteiger partial charge in [-0.05, 0) is 29.8 Å². The maximum absolute atomic E-state index is 12.1. The Bertz CT molecular complexity index is 860. The van der Waals surface area contributed by atoms with Crippen LogP contribution in [0.3, 0.4) is 0 Å². The average Bonchev–Trinajstić information content (AvgIpc) is 2.80. The third-order valence-corrected chi connectivity index (χ3v) is 5.12. The monoisotopic (exact) mass is 323 g/mol. The number of hydrogen-bond acceptors (Lipinski definition) is 4. The van der Waals surface area contributed by atoms with Gasteiger partial charge < -0.3 is 9.71 Å². The van der Waals surface area contributed by atoms with E-state index in [0.29, 0.717) is 10.5 Å². The first-order chi connectivity index (χ1) is 9.54. The van der Waals surface area contributed by atoms with Gasteiger partial charge in [0.15, 0.2) is 0 Å². The Labute approximate surface area is 125 Å². The van der Waals surface area contributed by atoms with Crippen LogP contribution in [0.1, 0.15) is 0 Å². The summed E-state index contributed by atoms with van der Waals surface area (Å²) in [6.45, 7) is 0. The summed E-state index contributed by atoms with van der Waals surface area (Å²) >= 11 is 7.08. The van der Waals surface area contributed by atoms with Crippen molar-refractivity contribution in [3.05, 3.63) is 58.3 Å². The highest BCUT2D eigenvalue weighted by Crippen LogP contribution is 2.35. The van der Waals surface area contributed by atoms with Crippen molar-refractivity contribution < 1.29 is 8.42 Å². The molecule has 1 aromatic heterocycles. The fourth-order valence-corrected chi connectivity index (χ4v) is 3.95. The second-order valence-corrected chi connectivity index (χ2v) is 7.04. The first-order valence-electron chi connectivity index (χ1n) is 5.64. The first-order valence-corrected chi connectivity index (χ1v) is 8.27. The van der Waals surface area contributed by atoms with Crippen molar-refractivity contribution in [3.63, 3.8) is 0 Å². The van der Waals surface area contributed by atoms with Crippen molar-refractivity contribution in [1.82, 2.24) is 4.98 Å². The molecule has 0 bridgehead atoms. The van der Waals surface area contributed by atoms with Crippen molar-refractivity contribution >= 4 is 48.3 Å². The molecule has 20 heavy (non-hydrogen) atoms. The number of benzene rings is 2. The lowest BCUT2D eigenvalue weighted by molar-refractivity contribution is 0.603. The number of halogens is 1. The van der Waals surface area contributed by atoms with Crippen LogP contribution in [0.15, 0.2) is 53.4 Å². The first kappa shape index (κ1) is 13.4. The molecule has 0 unspecified atom stereocenters. The number of aromatic nitrogens is 1. The van der Waals surface area contributed by atoms with Gasteiger partial charge in [0.05, 0.1) is 4.90 Å². The van der Waals surface area contributed by atoms with Crippen molar-refractivity contribution in [2.24, 2.45) is 0 Å². The zero-order chi connectivity index (χ0) is 14.2. The second kappa shape index (κ2) is 5.05. The normalized spacial score (nSPS) is 11.7. The largest absolute Gasteiger partial charge is 0.426 e. The second-order valence-electron chi connectivity index (χ2n) is 3.99. The van der Waals surface area contributed by atoms with E-state index in [-0.39, 0.29) is 10.0 Å². The van der Waals surface area contributed by atoms with Crippen LogP contribution in [0.5, 0.6) is 0 Å². The quantitative estimate of drug-likeness (QED) is 0.720. The molecule has 3 rings (SSSR count). The minimum atomic E-state index is -3.73. The molecule has 0 amide bonds. The average molecular weight is 324 g/mol. The van der Waals surface area contributed by atoms with Crippen molar-refractivity contribution in [3.8, 4) is 0 Å². The highest BCUT2D eigenvalue weighted by atomic mass is 35.5. The molecule has 7 heteroatoms. The van der Waals surface area contributed by atoms with Gasteiger partial charge in [0.1, 0.15) is 0 Å². The number of rotatable bonds is 3. The summed E-state index contributed by atoms with van der Waals surface area (Å²) in [5.74, 6) is 0. The van der Waals surface area contributed by atoms with Crippen molar-refractivity contribution in [2.45, 2.75) is 4.90 Å². The molecule has 0 saturated heterocycles. The zero-order valence-corrected chi connectivity index (χ0v) is 12.4. The smallest absolute Gasteiger partial charge is 0.202 e. The molecule has 1 heterocycles. The van der Waals surface area contributed by atoms with Crippen molar-refractivity contribution in [1.29, 1.82) is 0 Å². The van der Waals surface area contributed by atoms with Crippen LogP contribution in [0.25, 0.3) is 14.9 Å². The summed E-state index contributed by atoms with van der Waals surface area (Å²) in [7, 11) is -3.73. The van der Waals surface area contributed by atoms with Crippen LogP contribution in [0.4, 0.5) is 5.13 Å². The molecule has 0 aliphatic carbocycles. The third-order valence-electron chi connectivity index (χ3n) is 2.58. The number of fused-ring (bicyclic) bond motifs is 1. The molecule has 0 saturated carbocycles.